The number of carbonyl (C=O) groups excluding carboxylic acids is 2. The van der Waals surface area contributed by atoms with Gasteiger partial charge in [-0.25, -0.2) is 44.6 Å². The molecule has 78 heavy (non-hydrogen) atoms. The van der Waals surface area contributed by atoms with Crippen LogP contribution in [0.15, 0.2) is 82.6 Å². The quantitative estimate of drug-likeness (QED) is 0.0337. The van der Waals surface area contributed by atoms with Gasteiger partial charge < -0.3 is 59.5 Å². The minimum Gasteiger partial charge on any atom is -0.484 e. The summed E-state index contributed by atoms with van der Waals surface area (Å²) in [5.41, 5.74) is 2.45. The SMILES string of the molecule is CN(C)[C@H]1Cc2c(F)cc(Cl)cc2[C@@H]1Oc1ccc(S(=O)(=O)NCCOCCOCCNC(=O)NCCCCNC(=O)NCCOCCOCCNS(=O)(=O)c2ccc(O[C@H]3c4cc(Cl)cc(F)c4C[C@@H]3N(C)C)cc2)cc1. The monoisotopic (exact) mass is 1170 g/mol. The number of urea groups is 2. The summed E-state index contributed by atoms with van der Waals surface area (Å²) in [7, 11) is -0.0893. The van der Waals surface area contributed by atoms with Gasteiger partial charge in [-0.1, -0.05) is 23.2 Å². The van der Waals surface area contributed by atoms with Crippen LogP contribution < -0.4 is 40.2 Å². The van der Waals surface area contributed by atoms with E-state index in [-0.39, 0.29) is 135 Å². The number of carbonyl (C=O) groups is 2. The maximum absolute atomic E-state index is 14.7. The highest BCUT2D eigenvalue weighted by Crippen LogP contribution is 2.42. The summed E-state index contributed by atoms with van der Waals surface area (Å²) < 4.78 is 120. The Labute approximate surface area is 465 Å². The van der Waals surface area contributed by atoms with Gasteiger partial charge in [0.15, 0.2) is 0 Å². The van der Waals surface area contributed by atoms with Crippen molar-refractivity contribution in [3.63, 3.8) is 0 Å². The molecule has 20 nitrogen and oxygen atoms in total. The van der Waals surface area contributed by atoms with E-state index in [0.29, 0.717) is 72.5 Å². The average Bonchev–Trinajstić information content (AvgIpc) is 4.13. The topological polar surface area (TPSA) is 236 Å². The number of likely N-dealkylation sites (N-methyl/N-ethyl adjacent to an activating group) is 2. The molecule has 2 aliphatic carbocycles. The van der Waals surface area contributed by atoms with Gasteiger partial charge >= 0.3 is 12.1 Å². The average molecular weight is 1170 g/mol. The van der Waals surface area contributed by atoms with Gasteiger partial charge in [-0.2, -0.15) is 0 Å². The molecule has 26 heteroatoms. The van der Waals surface area contributed by atoms with Crippen molar-refractivity contribution in [2.45, 2.75) is 59.8 Å². The van der Waals surface area contributed by atoms with Gasteiger partial charge in [0.25, 0.3) is 0 Å². The summed E-state index contributed by atoms with van der Waals surface area (Å²) in [5, 5.41) is 11.4. The minimum atomic E-state index is -3.82. The van der Waals surface area contributed by atoms with Gasteiger partial charge in [0.05, 0.1) is 74.7 Å². The molecule has 6 N–H and O–H groups in total. The standard InChI is InChI=1S/C52H70Cl2F2N8O12S2/c1-63(2)47-33-41-43(29-35(53)31-45(41)55)49(47)75-37-7-11-39(12-8-37)77(67,68)61-19-23-73-27-25-71-21-17-59-51(65)57-15-5-6-16-58-52(66)60-18-22-72-26-28-74-24-20-62-78(69,70)40-13-9-38(10-14-40)76-50-44-30-36(54)32-46(56)42(44)34-48(50)64(3)4/h7-14,29-32,47-50,61-62H,5-6,15-28,33-34H2,1-4H3,(H2,57,59,65)(H2,58,60,66)/t47-,48-,49-,50-/m0/s1. The van der Waals surface area contributed by atoms with Gasteiger partial charge in [-0.05, 0) is 138 Å². The molecule has 430 valence electrons. The summed E-state index contributed by atoms with van der Waals surface area (Å²) >= 11 is 12.3. The molecule has 0 unspecified atom stereocenters. The molecule has 4 amide bonds. The Balaban J connectivity index is 0.694. The van der Waals surface area contributed by atoms with Crippen LogP contribution in [0.4, 0.5) is 18.4 Å². The fourth-order valence-electron chi connectivity index (χ4n) is 8.67. The second-order valence-corrected chi connectivity index (χ2v) is 23.1. The molecule has 0 saturated heterocycles. The number of benzene rings is 4. The van der Waals surface area contributed by atoms with Crippen LogP contribution in [0.1, 0.15) is 47.3 Å². The largest absolute Gasteiger partial charge is 0.484 e. The van der Waals surface area contributed by atoms with Crippen LogP contribution in [0.5, 0.6) is 11.5 Å². The third-order valence-electron chi connectivity index (χ3n) is 12.7. The van der Waals surface area contributed by atoms with Crippen LogP contribution in [0, 0.1) is 11.6 Å². The molecule has 4 aromatic carbocycles. The van der Waals surface area contributed by atoms with E-state index in [1.807, 2.05) is 38.0 Å². The number of sulfonamides is 2. The van der Waals surface area contributed by atoms with E-state index < -0.39 is 32.3 Å². The first-order chi connectivity index (χ1) is 37.3. The van der Waals surface area contributed by atoms with Gasteiger partial charge in [0.1, 0.15) is 35.3 Å². The predicted octanol–water partition coefficient (Wildman–Crippen LogP) is 5.19. The van der Waals surface area contributed by atoms with Crippen LogP contribution >= 0.6 is 23.2 Å². The van der Waals surface area contributed by atoms with Crippen LogP contribution in [-0.2, 0) is 51.8 Å². The molecule has 2 aliphatic rings. The maximum Gasteiger partial charge on any atom is 0.314 e. The van der Waals surface area contributed by atoms with Crippen molar-refractivity contribution in [2.24, 2.45) is 0 Å². The van der Waals surface area contributed by atoms with E-state index in [2.05, 4.69) is 30.7 Å². The van der Waals surface area contributed by atoms with Crippen molar-refractivity contribution < 1.29 is 63.6 Å². The first-order valence-electron chi connectivity index (χ1n) is 25.5. The highest BCUT2D eigenvalue weighted by molar-refractivity contribution is 7.89. The van der Waals surface area contributed by atoms with Crippen molar-refractivity contribution in [1.82, 2.24) is 40.5 Å². The number of halogens is 4. The number of fused-ring (bicyclic) bond motifs is 2. The molecule has 0 heterocycles. The van der Waals surface area contributed by atoms with Crippen molar-refractivity contribution in [2.75, 3.05) is 120 Å². The number of hydrogen-bond acceptors (Lipinski definition) is 14. The van der Waals surface area contributed by atoms with Crippen molar-refractivity contribution in [3.05, 3.63) is 117 Å². The molecule has 6 rings (SSSR count). The smallest absolute Gasteiger partial charge is 0.314 e. The summed E-state index contributed by atoms with van der Waals surface area (Å²) in [6.45, 7) is 3.06. The second-order valence-electron chi connectivity index (χ2n) is 18.7. The van der Waals surface area contributed by atoms with Crippen molar-refractivity contribution in [3.8, 4) is 11.5 Å². The Kier molecular flexibility index (Phi) is 24.4. The van der Waals surface area contributed by atoms with E-state index >= 15 is 0 Å². The third kappa shape index (κ3) is 18.8. The fourth-order valence-corrected chi connectivity index (χ4v) is 11.1. The number of amides is 4. The molecule has 0 bridgehead atoms. The van der Waals surface area contributed by atoms with Crippen LogP contribution in [-0.4, -0.2) is 171 Å². The lowest BCUT2D eigenvalue weighted by atomic mass is 10.1. The number of nitrogens with zero attached hydrogens (tertiary/aromatic N) is 2. The first kappa shape index (κ1) is 62.2. The molecule has 0 saturated carbocycles. The molecule has 4 aromatic rings. The van der Waals surface area contributed by atoms with Gasteiger partial charge in [-0.15, -0.1) is 0 Å². The zero-order valence-electron chi connectivity index (χ0n) is 44.1. The van der Waals surface area contributed by atoms with E-state index in [0.717, 1.165) is 0 Å². The van der Waals surface area contributed by atoms with E-state index in [1.165, 1.54) is 36.4 Å². The Hall–Kier alpha value is -4.96. The number of rotatable bonds is 33. The molecule has 0 spiro atoms. The zero-order valence-corrected chi connectivity index (χ0v) is 47.2. The number of unbranched alkanes of at least 4 members (excludes halogenated alkanes) is 1. The molecule has 4 atom stereocenters. The Bertz CT molecular complexity index is 2620. The fraction of sp³-hybridized carbons (Fsp3) is 0.500. The van der Waals surface area contributed by atoms with Crippen LogP contribution in [0.3, 0.4) is 0 Å². The lowest BCUT2D eigenvalue weighted by Gasteiger charge is -2.27. The summed E-state index contributed by atoms with van der Waals surface area (Å²) in [6, 6.07) is 17.0. The van der Waals surface area contributed by atoms with E-state index in [4.69, 9.17) is 51.6 Å². The lowest BCUT2D eigenvalue weighted by molar-refractivity contribution is 0.0516. The molecule has 0 fully saturated rings. The van der Waals surface area contributed by atoms with Crippen molar-refractivity contribution >= 4 is 55.3 Å². The number of nitrogens with one attached hydrogen (secondary N) is 6. The van der Waals surface area contributed by atoms with Gasteiger partial charge in [0.2, 0.25) is 20.0 Å². The normalized spacial score (nSPS) is 17.0. The van der Waals surface area contributed by atoms with E-state index in [1.54, 1.807) is 36.4 Å². The molecule has 0 aliphatic heterocycles. The molecule has 0 radical (unpaired) electrons. The van der Waals surface area contributed by atoms with Gasteiger partial charge in [0, 0.05) is 60.4 Å². The Morgan fingerprint density at radius 1 is 0.513 bits per heavy atom. The summed E-state index contributed by atoms with van der Waals surface area (Å²) in [5.74, 6) is 0.107. The van der Waals surface area contributed by atoms with Crippen molar-refractivity contribution in [1.29, 1.82) is 0 Å². The maximum atomic E-state index is 14.7. The Morgan fingerprint density at radius 3 is 1.19 bits per heavy atom. The molecule has 0 aromatic heterocycles. The highest BCUT2D eigenvalue weighted by Gasteiger charge is 2.39. The summed E-state index contributed by atoms with van der Waals surface area (Å²) in [6.07, 6.45) is 1.19. The zero-order chi connectivity index (χ0) is 56.2. The second kappa shape index (κ2) is 30.6. The van der Waals surface area contributed by atoms with Gasteiger partial charge in [-0.3, -0.25) is 0 Å². The Morgan fingerprint density at radius 2 is 0.846 bits per heavy atom. The first-order valence-corrected chi connectivity index (χ1v) is 29.2. The van der Waals surface area contributed by atoms with Crippen LogP contribution in [0.25, 0.3) is 0 Å². The lowest BCUT2D eigenvalue weighted by Crippen LogP contribution is -2.39. The number of ether oxygens (including phenoxy) is 6. The van der Waals surface area contributed by atoms with Crippen LogP contribution in [0.2, 0.25) is 10.0 Å². The minimum absolute atomic E-state index is 0.0363. The molecular weight excluding hydrogens is 1100 g/mol. The highest BCUT2D eigenvalue weighted by atomic mass is 35.5. The molecular formula is C52H70Cl2F2N8O12S2. The van der Waals surface area contributed by atoms with E-state index in [9.17, 15) is 35.2 Å². The summed E-state index contributed by atoms with van der Waals surface area (Å²) in [4.78, 5) is 28.2. The third-order valence-corrected chi connectivity index (χ3v) is 16.1. The number of hydrogen-bond donors (Lipinski definition) is 6. The predicted molar refractivity (Wildman–Crippen MR) is 290 cm³/mol.